The van der Waals surface area contributed by atoms with Crippen LogP contribution in [-0.4, -0.2) is 27.5 Å². The molecule has 1 aliphatic rings. The van der Waals surface area contributed by atoms with E-state index in [0.29, 0.717) is 11.6 Å². The molecule has 6 nitrogen and oxygen atoms in total. The second kappa shape index (κ2) is 6.13. The van der Waals surface area contributed by atoms with Crippen molar-refractivity contribution in [1.29, 1.82) is 0 Å². The summed E-state index contributed by atoms with van der Waals surface area (Å²) in [7, 11) is 0. The number of hydrogen-bond acceptors (Lipinski definition) is 6. The summed E-state index contributed by atoms with van der Waals surface area (Å²) in [4.78, 5) is 12.4. The van der Waals surface area contributed by atoms with Gasteiger partial charge in [0, 0.05) is 22.2 Å². The fraction of sp³-hybridized carbons (Fsp3) is 0. The number of aromatic amines is 1. The predicted molar refractivity (Wildman–Crippen MR) is 98.3 cm³/mol. The summed E-state index contributed by atoms with van der Waals surface area (Å²) >= 11 is 1.59. The van der Waals surface area contributed by atoms with Crippen LogP contribution < -0.4 is 5.43 Å². The minimum Gasteiger partial charge on any atom is -0.492 e. The minimum absolute atomic E-state index is 0.0888. The molecule has 0 bridgehead atoms. The van der Waals surface area contributed by atoms with Crippen molar-refractivity contribution in [1.82, 2.24) is 9.97 Å². The fourth-order valence-corrected chi connectivity index (χ4v) is 2.95. The van der Waals surface area contributed by atoms with E-state index in [1.807, 2.05) is 47.9 Å². The second-order valence-corrected chi connectivity index (χ2v) is 6.06. The maximum atomic E-state index is 10.0. The van der Waals surface area contributed by atoms with Crippen LogP contribution in [0, 0.1) is 0 Å². The number of imidazole rings is 1. The molecule has 3 N–H and O–H groups in total. The molecule has 0 saturated carbocycles. The first-order valence-electron chi connectivity index (χ1n) is 7.26. The number of benzene rings is 1. The van der Waals surface area contributed by atoms with Crippen molar-refractivity contribution in [3.8, 4) is 5.88 Å². The Kier molecular flexibility index (Phi) is 3.68. The van der Waals surface area contributed by atoms with Gasteiger partial charge in [0.2, 0.25) is 11.8 Å². The van der Waals surface area contributed by atoms with Gasteiger partial charge in [-0.25, -0.2) is 5.43 Å². The Balaban J connectivity index is 1.54. The van der Waals surface area contributed by atoms with Gasteiger partial charge in [-0.2, -0.15) is 10.1 Å². The highest BCUT2D eigenvalue weighted by atomic mass is 32.1. The van der Waals surface area contributed by atoms with Crippen molar-refractivity contribution >= 4 is 47.1 Å². The lowest BCUT2D eigenvalue weighted by atomic mass is 10.1. The van der Waals surface area contributed by atoms with Crippen LogP contribution in [-0.2, 0) is 0 Å². The molecule has 0 unspecified atom stereocenters. The Morgan fingerprint density at radius 2 is 2.12 bits per heavy atom. The third kappa shape index (κ3) is 2.84. The molecular weight excluding hydrogens is 322 g/mol. The Labute approximate surface area is 141 Å². The first kappa shape index (κ1) is 14.4. The first-order valence-corrected chi connectivity index (χ1v) is 8.14. The zero-order valence-corrected chi connectivity index (χ0v) is 13.3. The predicted octanol–water partition coefficient (Wildman–Crippen LogP) is 3.88. The summed E-state index contributed by atoms with van der Waals surface area (Å²) in [5.74, 6) is 0.282. The monoisotopic (exact) mass is 335 g/mol. The zero-order chi connectivity index (χ0) is 16.4. The topological polar surface area (TPSA) is 85.7 Å². The van der Waals surface area contributed by atoms with Crippen LogP contribution >= 0.6 is 11.3 Å². The molecule has 0 aliphatic carbocycles. The molecule has 0 atom stereocenters. The lowest BCUT2D eigenvalue weighted by Gasteiger charge is -1.98. The Morgan fingerprint density at radius 1 is 1.21 bits per heavy atom. The molecule has 0 spiro atoms. The molecule has 1 aromatic carbocycles. The van der Waals surface area contributed by atoms with E-state index in [1.54, 1.807) is 23.8 Å². The van der Waals surface area contributed by atoms with Crippen molar-refractivity contribution in [3.05, 3.63) is 57.9 Å². The third-order valence-corrected chi connectivity index (χ3v) is 4.28. The average molecular weight is 335 g/mol. The molecule has 1 aliphatic heterocycles. The highest BCUT2D eigenvalue weighted by molar-refractivity contribution is 7.11. The number of para-hydroxylation sites is 1. The molecule has 0 saturated heterocycles. The average Bonchev–Trinajstić information content (AvgIpc) is 3.30. The number of nitrogens with one attached hydrogen (secondary N) is 2. The third-order valence-electron chi connectivity index (χ3n) is 3.47. The van der Waals surface area contributed by atoms with Gasteiger partial charge in [0.05, 0.1) is 11.9 Å². The van der Waals surface area contributed by atoms with Crippen LogP contribution in [0.5, 0.6) is 5.88 Å². The van der Waals surface area contributed by atoms with Crippen molar-refractivity contribution in [2.45, 2.75) is 0 Å². The van der Waals surface area contributed by atoms with Crippen LogP contribution in [0.15, 0.2) is 51.9 Å². The van der Waals surface area contributed by atoms with Crippen LogP contribution in [0.1, 0.15) is 16.1 Å². The highest BCUT2D eigenvalue weighted by Crippen LogP contribution is 2.33. The molecule has 2 aromatic heterocycles. The van der Waals surface area contributed by atoms with Gasteiger partial charge in [-0.1, -0.05) is 24.3 Å². The summed E-state index contributed by atoms with van der Waals surface area (Å²) in [5, 5.41) is 16.1. The Bertz CT molecular complexity index is 953. The number of hydrazone groups is 1. The van der Waals surface area contributed by atoms with E-state index in [4.69, 9.17) is 0 Å². The quantitative estimate of drug-likeness (QED) is 0.499. The van der Waals surface area contributed by atoms with Gasteiger partial charge < -0.3 is 10.1 Å². The minimum atomic E-state index is -0.0888. The molecule has 3 aromatic rings. The highest BCUT2D eigenvalue weighted by Gasteiger charge is 2.13. The molecule has 0 radical (unpaired) electrons. The van der Waals surface area contributed by atoms with Gasteiger partial charge in [0.25, 0.3) is 0 Å². The Morgan fingerprint density at radius 3 is 3.00 bits per heavy atom. The van der Waals surface area contributed by atoms with E-state index in [0.717, 1.165) is 21.7 Å². The molecule has 24 heavy (non-hydrogen) atoms. The van der Waals surface area contributed by atoms with E-state index in [9.17, 15) is 5.11 Å². The normalized spacial score (nSPS) is 14.6. The first-order chi connectivity index (χ1) is 11.8. The van der Waals surface area contributed by atoms with Crippen molar-refractivity contribution in [2.24, 2.45) is 10.1 Å². The van der Waals surface area contributed by atoms with Crippen molar-refractivity contribution < 1.29 is 5.11 Å². The van der Waals surface area contributed by atoms with E-state index in [2.05, 4.69) is 25.5 Å². The van der Waals surface area contributed by atoms with Crippen molar-refractivity contribution in [3.63, 3.8) is 0 Å². The van der Waals surface area contributed by atoms with E-state index in [1.165, 1.54) is 0 Å². The number of H-pyrrole nitrogens is 1. The maximum Gasteiger partial charge on any atom is 0.238 e. The number of rotatable bonds is 4. The Hall–Kier alpha value is -3.19. The SMILES string of the molecule is Oc1nc(N/N=C/c2cccs2)[nH]c1/C=C1\C=Nc2ccccc21. The summed E-state index contributed by atoms with van der Waals surface area (Å²) in [5.41, 5.74) is 6.13. The molecule has 3 heterocycles. The van der Waals surface area contributed by atoms with Crippen LogP contribution in [0.2, 0.25) is 0 Å². The number of aliphatic imine (C=N–C) groups is 1. The number of nitrogens with zero attached hydrogens (tertiary/aromatic N) is 3. The van der Waals surface area contributed by atoms with Gasteiger partial charge in [0.1, 0.15) is 5.69 Å². The van der Waals surface area contributed by atoms with Crippen LogP contribution in [0.25, 0.3) is 11.6 Å². The van der Waals surface area contributed by atoms with E-state index in [-0.39, 0.29) is 5.88 Å². The molecular formula is C17H13N5OS. The van der Waals surface area contributed by atoms with Gasteiger partial charge in [-0.15, -0.1) is 11.3 Å². The number of fused-ring (bicyclic) bond motifs is 1. The summed E-state index contributed by atoms with van der Waals surface area (Å²) in [6, 6.07) is 11.8. The molecule has 4 rings (SSSR count). The maximum absolute atomic E-state index is 10.0. The number of hydrogen-bond donors (Lipinski definition) is 3. The number of aromatic hydroxyl groups is 1. The fourth-order valence-electron chi connectivity index (χ4n) is 2.36. The van der Waals surface area contributed by atoms with Gasteiger partial charge >= 0.3 is 0 Å². The molecule has 0 amide bonds. The lowest BCUT2D eigenvalue weighted by Crippen LogP contribution is -1.91. The van der Waals surface area contributed by atoms with Crippen LogP contribution in [0.4, 0.5) is 11.6 Å². The number of allylic oxidation sites excluding steroid dienone is 1. The molecule has 7 heteroatoms. The summed E-state index contributed by atoms with van der Waals surface area (Å²) in [6.07, 6.45) is 5.28. The zero-order valence-electron chi connectivity index (χ0n) is 12.5. The number of aromatic nitrogens is 2. The second-order valence-electron chi connectivity index (χ2n) is 5.08. The van der Waals surface area contributed by atoms with Crippen LogP contribution in [0.3, 0.4) is 0 Å². The molecule has 118 valence electrons. The summed E-state index contributed by atoms with van der Waals surface area (Å²) < 4.78 is 0. The van der Waals surface area contributed by atoms with Gasteiger partial charge in [-0.3, -0.25) is 4.99 Å². The van der Waals surface area contributed by atoms with E-state index >= 15 is 0 Å². The lowest BCUT2D eigenvalue weighted by molar-refractivity contribution is 0.455. The summed E-state index contributed by atoms with van der Waals surface area (Å²) in [6.45, 7) is 0. The number of thiophene rings is 1. The molecule has 0 fully saturated rings. The van der Waals surface area contributed by atoms with E-state index < -0.39 is 0 Å². The number of anilines is 1. The largest absolute Gasteiger partial charge is 0.492 e. The standard InChI is InChI=1S/C17H13N5OS/c23-16-15(8-11-9-18-14-6-2-1-5-13(11)14)20-17(21-16)22-19-10-12-4-3-7-24-12/h1-10,23H,(H2,20,21,22)/b11-8+,19-10+. The van der Waals surface area contributed by atoms with Crippen molar-refractivity contribution in [2.75, 3.05) is 5.43 Å². The smallest absolute Gasteiger partial charge is 0.238 e. The van der Waals surface area contributed by atoms with Gasteiger partial charge in [0.15, 0.2) is 0 Å². The van der Waals surface area contributed by atoms with Gasteiger partial charge in [-0.05, 0) is 23.6 Å².